The van der Waals surface area contributed by atoms with Gasteiger partial charge in [-0.05, 0) is 82.3 Å². The normalized spacial score (nSPS) is 13.2. The first-order valence-electron chi connectivity index (χ1n) is 20.9. The summed E-state index contributed by atoms with van der Waals surface area (Å²) in [6.07, 6.45) is 4.28. The Bertz CT molecular complexity index is 3300. The molecule has 296 valence electrons. The van der Waals surface area contributed by atoms with Gasteiger partial charge in [-0.2, -0.15) is 0 Å². The second kappa shape index (κ2) is 14.3. The fourth-order valence-electron chi connectivity index (χ4n) is 8.98. The number of ether oxygens (including phenoxy) is 1. The van der Waals surface area contributed by atoms with Crippen LogP contribution in [0.5, 0.6) is 11.5 Å². The van der Waals surface area contributed by atoms with E-state index in [-0.39, 0.29) is 5.41 Å². The third kappa shape index (κ3) is 6.39. The van der Waals surface area contributed by atoms with E-state index in [0.717, 1.165) is 72.7 Å². The van der Waals surface area contributed by atoms with Gasteiger partial charge in [-0.25, -0.2) is 4.98 Å². The molecule has 11 rings (SSSR count). The van der Waals surface area contributed by atoms with Crippen LogP contribution in [0, 0.1) is 0 Å². The summed E-state index contributed by atoms with van der Waals surface area (Å²) in [5, 5.41) is 4.65. The number of rotatable bonds is 7. The van der Waals surface area contributed by atoms with Crippen LogP contribution in [0.2, 0.25) is 0 Å². The molecule has 6 heteroatoms. The van der Waals surface area contributed by atoms with Gasteiger partial charge < -0.3 is 19.1 Å². The topological polar surface area (TPSA) is 38.5 Å². The van der Waals surface area contributed by atoms with Gasteiger partial charge in [0.1, 0.15) is 17.3 Å². The molecule has 10 aromatic rings. The average Bonchev–Trinajstić information content (AvgIpc) is 3.97. The van der Waals surface area contributed by atoms with E-state index in [4.69, 9.17) is 9.72 Å². The minimum Gasteiger partial charge on any atom is -0.457 e. The number of aryl methyl sites for hydroxylation is 1. The van der Waals surface area contributed by atoms with E-state index in [1.54, 1.807) is 0 Å². The second-order valence-electron chi connectivity index (χ2n) is 17.1. The molecule has 7 aromatic carbocycles. The lowest BCUT2D eigenvalue weighted by atomic mass is 9.86. The molecule has 0 radical (unpaired) electrons. The third-order valence-corrected chi connectivity index (χ3v) is 12.2. The monoisotopic (exact) mass is 791 g/mol. The summed E-state index contributed by atoms with van der Waals surface area (Å²) in [4.78, 5) is 9.86. The average molecular weight is 792 g/mol. The van der Waals surface area contributed by atoms with Crippen molar-refractivity contribution in [3.8, 4) is 28.4 Å². The number of hydrogen-bond donors (Lipinski definition) is 0. The fourth-order valence-corrected chi connectivity index (χ4v) is 8.98. The number of aromatic nitrogens is 3. The van der Waals surface area contributed by atoms with E-state index in [2.05, 4.69) is 229 Å². The van der Waals surface area contributed by atoms with Crippen LogP contribution in [0.1, 0.15) is 31.9 Å². The molecule has 0 unspecified atom stereocenters. The van der Waals surface area contributed by atoms with Crippen molar-refractivity contribution in [2.45, 2.75) is 26.2 Å². The molecule has 0 aliphatic carbocycles. The molecular formula is C55H45N5O. The molecule has 0 saturated carbocycles. The maximum absolute atomic E-state index is 6.99. The Labute approximate surface area is 355 Å². The minimum absolute atomic E-state index is 0.123. The molecule has 61 heavy (non-hydrogen) atoms. The summed E-state index contributed by atoms with van der Waals surface area (Å²) in [6.45, 7) is 7.46. The van der Waals surface area contributed by atoms with Gasteiger partial charge in [0, 0.05) is 76.1 Å². The number of fused-ring (bicyclic) bond motifs is 6. The largest absolute Gasteiger partial charge is 0.457 e. The molecule has 0 bridgehead atoms. The van der Waals surface area contributed by atoms with Gasteiger partial charge in [-0.3, -0.25) is 4.57 Å². The number of nitrogens with zero attached hydrogens (tertiary/aromatic N) is 5. The summed E-state index contributed by atoms with van der Waals surface area (Å²) < 4.78 is 11.5. The number of pyridine rings is 1. The third-order valence-electron chi connectivity index (χ3n) is 12.2. The highest BCUT2D eigenvalue weighted by molar-refractivity contribution is 6.12. The lowest BCUT2D eigenvalue weighted by Crippen LogP contribution is -2.26. The Morgan fingerprint density at radius 3 is 1.98 bits per heavy atom. The number of anilines is 2. The predicted octanol–water partition coefficient (Wildman–Crippen LogP) is 13.9. The molecule has 0 saturated heterocycles. The number of benzene rings is 7. The van der Waals surface area contributed by atoms with Gasteiger partial charge >= 0.3 is 0 Å². The molecule has 0 atom stereocenters. The lowest BCUT2D eigenvalue weighted by molar-refractivity contribution is 0.479. The summed E-state index contributed by atoms with van der Waals surface area (Å²) >= 11 is 0. The SMILES string of the molecule is Cn1c2ccccc2c2cnc(-n3c4ccc(-c5ccccc5)cc4c4ccc(Oc5cc(N6CN(c7ccccc7)C=C6c6ccccc6)cc(C(C)(C)C)c5)cc43)cc21. The highest BCUT2D eigenvalue weighted by Crippen LogP contribution is 2.42. The van der Waals surface area contributed by atoms with E-state index in [1.807, 2.05) is 6.20 Å². The predicted molar refractivity (Wildman–Crippen MR) is 254 cm³/mol. The van der Waals surface area contributed by atoms with Crippen LogP contribution in [0.15, 0.2) is 188 Å². The number of hydrogen-bond acceptors (Lipinski definition) is 4. The van der Waals surface area contributed by atoms with Crippen LogP contribution in [-0.2, 0) is 12.5 Å². The second-order valence-corrected chi connectivity index (χ2v) is 17.1. The van der Waals surface area contributed by atoms with Crippen molar-refractivity contribution < 1.29 is 4.74 Å². The maximum Gasteiger partial charge on any atom is 0.139 e. The molecule has 4 heterocycles. The van der Waals surface area contributed by atoms with Crippen LogP contribution in [-0.4, -0.2) is 20.8 Å². The van der Waals surface area contributed by atoms with Crippen molar-refractivity contribution in [1.29, 1.82) is 0 Å². The first-order valence-corrected chi connectivity index (χ1v) is 20.9. The summed E-state index contributed by atoms with van der Waals surface area (Å²) in [7, 11) is 2.14. The molecule has 0 amide bonds. The van der Waals surface area contributed by atoms with E-state index in [1.165, 1.54) is 27.6 Å². The van der Waals surface area contributed by atoms with Crippen LogP contribution in [0.25, 0.3) is 66.3 Å². The van der Waals surface area contributed by atoms with Crippen molar-refractivity contribution in [2.75, 3.05) is 16.5 Å². The van der Waals surface area contributed by atoms with Gasteiger partial charge in [0.25, 0.3) is 0 Å². The van der Waals surface area contributed by atoms with Crippen LogP contribution in [0.4, 0.5) is 11.4 Å². The zero-order chi connectivity index (χ0) is 41.2. The van der Waals surface area contributed by atoms with Crippen LogP contribution < -0.4 is 14.5 Å². The van der Waals surface area contributed by atoms with Gasteiger partial charge in [0.15, 0.2) is 0 Å². The Kier molecular flexibility index (Phi) is 8.57. The summed E-state index contributed by atoms with van der Waals surface area (Å²) in [5.74, 6) is 2.40. The standard InChI is InChI=1S/C55H45N5O/c1-55(2,3)40-29-42(59-36-58(41-20-12-7-13-21-41)35-53(59)38-18-10-6-11-19-38)31-44(30-40)61-43-25-26-46-47-28-39(37-16-8-5-9-17-37)24-27-50(47)60(52(46)32-43)54-33-51-48(34-56-54)45-22-14-15-23-49(45)57(51)4/h5-35H,36H2,1-4H3. The van der Waals surface area contributed by atoms with Gasteiger partial charge in [-0.15, -0.1) is 0 Å². The first-order chi connectivity index (χ1) is 29.8. The van der Waals surface area contributed by atoms with Crippen molar-refractivity contribution in [3.05, 3.63) is 199 Å². The Balaban J connectivity index is 1.05. The van der Waals surface area contributed by atoms with Gasteiger partial charge in [-0.1, -0.05) is 124 Å². The van der Waals surface area contributed by atoms with Crippen molar-refractivity contribution >= 4 is 60.7 Å². The molecule has 6 nitrogen and oxygen atoms in total. The lowest BCUT2D eigenvalue weighted by Gasteiger charge is -2.28. The van der Waals surface area contributed by atoms with E-state index in [9.17, 15) is 0 Å². The first kappa shape index (κ1) is 36.5. The van der Waals surface area contributed by atoms with Gasteiger partial charge in [0.2, 0.25) is 0 Å². The Morgan fingerprint density at radius 1 is 0.508 bits per heavy atom. The van der Waals surface area contributed by atoms with E-state index in [0.29, 0.717) is 6.67 Å². The minimum atomic E-state index is -0.123. The molecule has 1 aliphatic heterocycles. The molecule has 1 aliphatic rings. The summed E-state index contributed by atoms with van der Waals surface area (Å²) in [6, 6.07) is 62.5. The van der Waals surface area contributed by atoms with Crippen molar-refractivity contribution in [2.24, 2.45) is 7.05 Å². The Hall–Kier alpha value is -7.57. The van der Waals surface area contributed by atoms with Crippen LogP contribution in [0.3, 0.4) is 0 Å². The summed E-state index contributed by atoms with van der Waals surface area (Å²) in [5.41, 5.74) is 12.4. The zero-order valence-corrected chi connectivity index (χ0v) is 34.7. The fraction of sp³-hybridized carbons (Fsp3) is 0.109. The zero-order valence-electron chi connectivity index (χ0n) is 34.7. The molecule has 0 spiro atoms. The molecular weight excluding hydrogens is 747 g/mol. The van der Waals surface area contributed by atoms with Gasteiger partial charge in [0.05, 0.1) is 28.9 Å². The van der Waals surface area contributed by atoms with Crippen molar-refractivity contribution in [3.63, 3.8) is 0 Å². The Morgan fingerprint density at radius 2 is 1.21 bits per heavy atom. The van der Waals surface area contributed by atoms with Crippen LogP contribution >= 0.6 is 0 Å². The quantitative estimate of drug-likeness (QED) is 0.161. The van der Waals surface area contributed by atoms with E-state index < -0.39 is 0 Å². The van der Waals surface area contributed by atoms with Crippen molar-refractivity contribution in [1.82, 2.24) is 14.1 Å². The molecule has 3 aromatic heterocycles. The maximum atomic E-state index is 6.99. The highest BCUT2D eigenvalue weighted by Gasteiger charge is 2.27. The smallest absolute Gasteiger partial charge is 0.139 e. The highest BCUT2D eigenvalue weighted by atomic mass is 16.5. The molecule has 0 N–H and O–H groups in total. The van der Waals surface area contributed by atoms with E-state index >= 15 is 0 Å². The molecule has 0 fully saturated rings. The number of para-hydroxylation sites is 2.